The number of benzene rings is 3. The van der Waals surface area contributed by atoms with Gasteiger partial charge in [-0.1, -0.05) is 59.2 Å². The van der Waals surface area contributed by atoms with Crippen LogP contribution >= 0.6 is 11.6 Å². The van der Waals surface area contributed by atoms with Gasteiger partial charge in [-0.05, 0) is 41.5 Å². The van der Waals surface area contributed by atoms with E-state index >= 15 is 0 Å². The van der Waals surface area contributed by atoms with E-state index in [9.17, 15) is 14.0 Å². The third-order valence-corrected chi connectivity index (χ3v) is 7.07. The van der Waals surface area contributed by atoms with Gasteiger partial charge in [0.25, 0.3) is 5.89 Å². The fraction of sp³-hybridized carbons (Fsp3) is 0.267. The van der Waals surface area contributed by atoms with Crippen molar-refractivity contribution in [1.29, 1.82) is 0 Å². The van der Waals surface area contributed by atoms with Gasteiger partial charge in [0, 0.05) is 62.2 Å². The zero-order valence-corrected chi connectivity index (χ0v) is 22.8. The molecule has 2 heterocycles. The second kappa shape index (κ2) is 12.4. The van der Waals surface area contributed by atoms with Crippen LogP contribution in [0.25, 0.3) is 22.8 Å². The van der Waals surface area contributed by atoms with Gasteiger partial charge in [-0.25, -0.2) is 4.39 Å². The summed E-state index contributed by atoms with van der Waals surface area (Å²) >= 11 is 6.09. The monoisotopic (exact) mass is 561 g/mol. The molecule has 1 aliphatic heterocycles. The normalized spacial score (nSPS) is 14.6. The number of hydrogen-bond donors (Lipinski definition) is 1. The maximum Gasteiger partial charge on any atom is 0.258 e. The van der Waals surface area contributed by atoms with Crippen LogP contribution in [-0.2, 0) is 22.6 Å². The van der Waals surface area contributed by atoms with Gasteiger partial charge in [-0.15, -0.1) is 0 Å². The van der Waals surface area contributed by atoms with Crippen molar-refractivity contribution in [2.45, 2.75) is 25.9 Å². The second-order valence-electron chi connectivity index (χ2n) is 9.78. The van der Waals surface area contributed by atoms with E-state index in [-0.39, 0.29) is 24.1 Å². The number of aromatic nitrogens is 2. The Hall–Kier alpha value is -4.08. The number of nitrogens with zero attached hydrogens (tertiary/aromatic N) is 4. The topological polar surface area (TPSA) is 91.6 Å². The largest absolute Gasteiger partial charge is 0.344 e. The number of piperazine rings is 1. The van der Waals surface area contributed by atoms with E-state index in [0.29, 0.717) is 55.0 Å². The molecule has 1 aliphatic rings. The summed E-state index contributed by atoms with van der Waals surface area (Å²) in [6.07, 6.45) is 0.104. The van der Waals surface area contributed by atoms with Crippen molar-refractivity contribution in [2.75, 3.05) is 26.2 Å². The summed E-state index contributed by atoms with van der Waals surface area (Å²) in [5.41, 5.74) is 3.08. The second-order valence-corrected chi connectivity index (χ2v) is 10.2. The summed E-state index contributed by atoms with van der Waals surface area (Å²) in [5, 5.41) is 7.44. The van der Waals surface area contributed by atoms with Gasteiger partial charge in [0.15, 0.2) is 0 Å². The van der Waals surface area contributed by atoms with E-state index in [0.717, 1.165) is 16.7 Å². The average Bonchev–Trinajstić information content (AvgIpc) is 3.45. The first-order chi connectivity index (χ1) is 19.4. The maximum absolute atomic E-state index is 14.2. The van der Waals surface area contributed by atoms with Gasteiger partial charge in [-0.3, -0.25) is 14.5 Å². The predicted molar refractivity (Wildman–Crippen MR) is 150 cm³/mol. The summed E-state index contributed by atoms with van der Waals surface area (Å²) < 4.78 is 19.7. The Morgan fingerprint density at radius 3 is 2.50 bits per heavy atom. The van der Waals surface area contributed by atoms with Crippen LogP contribution in [0, 0.1) is 5.82 Å². The molecule has 2 amide bonds. The molecule has 4 aromatic rings. The Balaban J connectivity index is 1.20. The fourth-order valence-electron chi connectivity index (χ4n) is 4.82. The van der Waals surface area contributed by atoms with Crippen LogP contribution in [0.3, 0.4) is 0 Å². The first-order valence-corrected chi connectivity index (χ1v) is 13.4. The van der Waals surface area contributed by atoms with Crippen molar-refractivity contribution in [3.8, 4) is 22.8 Å². The lowest BCUT2D eigenvalue weighted by Crippen LogP contribution is -2.55. The van der Waals surface area contributed by atoms with Crippen molar-refractivity contribution in [3.63, 3.8) is 0 Å². The molecule has 8 nitrogen and oxygen atoms in total. The summed E-state index contributed by atoms with van der Waals surface area (Å²) in [6.45, 7) is 4.42. The SMILES string of the molecule is CC(=O)N[C@@H](Cc1ccccc1F)C(=O)N1CCN(Cc2cccc(-c3noc(-c4cccc(Cl)c4)n3)c2)CC1. The number of hydrogen-bond acceptors (Lipinski definition) is 6. The third kappa shape index (κ3) is 6.73. The highest BCUT2D eigenvalue weighted by molar-refractivity contribution is 6.30. The minimum Gasteiger partial charge on any atom is -0.344 e. The highest BCUT2D eigenvalue weighted by Crippen LogP contribution is 2.25. The van der Waals surface area contributed by atoms with E-state index in [4.69, 9.17) is 16.1 Å². The molecule has 0 bridgehead atoms. The number of carbonyl (C=O) groups excluding carboxylic acids is 2. The van der Waals surface area contributed by atoms with Gasteiger partial charge in [0.05, 0.1) is 0 Å². The molecule has 10 heteroatoms. The van der Waals surface area contributed by atoms with Crippen LogP contribution < -0.4 is 5.32 Å². The molecular weight excluding hydrogens is 533 g/mol. The molecule has 0 unspecified atom stereocenters. The number of rotatable bonds is 8. The average molecular weight is 562 g/mol. The van der Waals surface area contributed by atoms with E-state index in [1.165, 1.54) is 13.0 Å². The van der Waals surface area contributed by atoms with Crippen LogP contribution in [0.2, 0.25) is 5.02 Å². The zero-order chi connectivity index (χ0) is 28.1. The first kappa shape index (κ1) is 27.5. The molecule has 3 aromatic carbocycles. The summed E-state index contributed by atoms with van der Waals surface area (Å²) in [5.74, 6) is -0.0243. The Bertz CT molecular complexity index is 1500. The Kier molecular flexibility index (Phi) is 8.52. The van der Waals surface area contributed by atoms with E-state index in [1.807, 2.05) is 36.4 Å². The first-order valence-electron chi connectivity index (χ1n) is 13.1. The van der Waals surface area contributed by atoms with E-state index < -0.39 is 6.04 Å². The molecule has 1 fully saturated rings. The Morgan fingerprint density at radius 2 is 1.75 bits per heavy atom. The highest BCUT2D eigenvalue weighted by Gasteiger charge is 2.29. The van der Waals surface area contributed by atoms with Gasteiger partial charge in [0.2, 0.25) is 17.6 Å². The molecule has 206 valence electrons. The highest BCUT2D eigenvalue weighted by atomic mass is 35.5. The number of nitrogens with one attached hydrogen (secondary N) is 1. The lowest BCUT2D eigenvalue weighted by atomic mass is 10.0. The molecule has 1 aromatic heterocycles. The Labute approximate surface area is 236 Å². The fourth-order valence-corrected chi connectivity index (χ4v) is 5.01. The predicted octanol–water partition coefficient (Wildman–Crippen LogP) is 4.59. The van der Waals surface area contributed by atoms with Crippen LogP contribution in [-0.4, -0.2) is 64.0 Å². The van der Waals surface area contributed by atoms with Gasteiger partial charge < -0.3 is 14.7 Å². The minimum atomic E-state index is -0.815. The molecule has 1 atom stereocenters. The number of amides is 2. The molecule has 0 radical (unpaired) electrons. The summed E-state index contributed by atoms with van der Waals surface area (Å²) in [6, 6.07) is 20.7. The van der Waals surface area contributed by atoms with Crippen LogP contribution in [0.5, 0.6) is 0 Å². The van der Waals surface area contributed by atoms with Crippen molar-refractivity contribution in [3.05, 3.63) is 94.8 Å². The molecule has 1 saturated heterocycles. The van der Waals surface area contributed by atoms with Gasteiger partial charge in [0.1, 0.15) is 11.9 Å². The van der Waals surface area contributed by atoms with Gasteiger partial charge in [-0.2, -0.15) is 4.98 Å². The standard InChI is InChI=1S/C30H29ClFN5O3/c1-20(38)33-27(18-22-7-2-3-11-26(22)32)30(39)37-14-12-36(13-15-37)19-21-6-4-8-23(16-21)28-34-29(40-35-28)24-9-5-10-25(31)17-24/h2-11,16-17,27H,12-15,18-19H2,1H3,(H,33,38)/t27-/m0/s1. The molecular formula is C30H29ClFN5O3. The van der Waals surface area contributed by atoms with Crippen LogP contribution in [0.15, 0.2) is 77.3 Å². The van der Waals surface area contributed by atoms with E-state index in [1.54, 1.807) is 35.2 Å². The lowest BCUT2D eigenvalue weighted by Gasteiger charge is -2.36. The molecule has 40 heavy (non-hydrogen) atoms. The summed E-state index contributed by atoms with van der Waals surface area (Å²) in [7, 11) is 0. The molecule has 5 rings (SSSR count). The van der Waals surface area contributed by atoms with Crippen LogP contribution in [0.4, 0.5) is 4.39 Å². The van der Waals surface area contributed by atoms with E-state index in [2.05, 4.69) is 20.4 Å². The van der Waals surface area contributed by atoms with Crippen molar-refractivity contribution >= 4 is 23.4 Å². The quantitative estimate of drug-likeness (QED) is 0.338. The lowest BCUT2D eigenvalue weighted by molar-refractivity contribution is -0.137. The number of halogens is 2. The molecule has 0 aliphatic carbocycles. The zero-order valence-electron chi connectivity index (χ0n) is 22.0. The molecule has 0 saturated carbocycles. The maximum atomic E-state index is 14.2. The van der Waals surface area contributed by atoms with Crippen LogP contribution in [0.1, 0.15) is 18.1 Å². The minimum absolute atomic E-state index is 0.104. The third-order valence-electron chi connectivity index (χ3n) is 6.83. The summed E-state index contributed by atoms with van der Waals surface area (Å²) in [4.78, 5) is 33.6. The Morgan fingerprint density at radius 1 is 1.00 bits per heavy atom. The van der Waals surface area contributed by atoms with Crippen molar-refractivity contribution in [1.82, 2.24) is 25.3 Å². The molecule has 0 spiro atoms. The van der Waals surface area contributed by atoms with Crippen molar-refractivity contribution < 1.29 is 18.5 Å². The van der Waals surface area contributed by atoms with Gasteiger partial charge >= 0.3 is 0 Å². The van der Waals surface area contributed by atoms with Crippen molar-refractivity contribution in [2.24, 2.45) is 0 Å². The number of carbonyl (C=O) groups is 2. The smallest absolute Gasteiger partial charge is 0.258 e. The molecule has 1 N–H and O–H groups in total.